The van der Waals surface area contributed by atoms with Crippen molar-refractivity contribution in [2.45, 2.75) is 13.0 Å². The second-order valence-corrected chi connectivity index (χ2v) is 6.47. The molecule has 1 aromatic carbocycles. The van der Waals surface area contributed by atoms with Crippen LogP contribution in [0.2, 0.25) is 0 Å². The lowest BCUT2D eigenvalue weighted by atomic mass is 10.1. The van der Waals surface area contributed by atoms with Gasteiger partial charge in [-0.3, -0.25) is 4.98 Å². The number of benzene rings is 1. The molecular formula is C19H20N6. The van der Waals surface area contributed by atoms with E-state index in [1.165, 1.54) is 0 Å². The summed E-state index contributed by atoms with van der Waals surface area (Å²) in [7, 11) is 0. The number of hydrogen-bond acceptors (Lipinski definition) is 5. The van der Waals surface area contributed by atoms with E-state index in [4.69, 9.17) is 16.0 Å². The van der Waals surface area contributed by atoms with Crippen LogP contribution >= 0.6 is 0 Å². The Bertz CT molecular complexity index is 921. The smallest absolute Gasteiger partial charge is 0.206 e. The minimum Gasteiger partial charge on any atom is -0.342 e. The van der Waals surface area contributed by atoms with Crippen molar-refractivity contribution in [2.24, 2.45) is 11.7 Å². The Kier molecular flexibility index (Phi) is 4.08. The van der Waals surface area contributed by atoms with Crippen molar-refractivity contribution in [3.05, 3.63) is 53.9 Å². The predicted octanol–water partition coefficient (Wildman–Crippen LogP) is 2.14. The van der Waals surface area contributed by atoms with E-state index in [-0.39, 0.29) is 0 Å². The summed E-state index contributed by atoms with van der Waals surface area (Å²) in [6.45, 7) is 3.27. The molecule has 0 saturated carbocycles. The van der Waals surface area contributed by atoms with Crippen LogP contribution in [0.4, 0.5) is 5.95 Å². The maximum absolute atomic E-state index is 8.94. The molecule has 1 aliphatic heterocycles. The van der Waals surface area contributed by atoms with Gasteiger partial charge in [-0.25, -0.2) is 4.98 Å². The molecule has 6 heteroatoms. The van der Waals surface area contributed by atoms with Crippen LogP contribution in [0, 0.1) is 17.2 Å². The van der Waals surface area contributed by atoms with Crippen LogP contribution in [-0.2, 0) is 6.54 Å². The zero-order valence-electron chi connectivity index (χ0n) is 14.0. The van der Waals surface area contributed by atoms with Crippen LogP contribution in [0.5, 0.6) is 0 Å². The van der Waals surface area contributed by atoms with Crippen molar-refractivity contribution in [1.29, 1.82) is 5.26 Å². The Morgan fingerprint density at radius 1 is 1.24 bits per heavy atom. The summed E-state index contributed by atoms with van der Waals surface area (Å²) in [5.74, 6) is 1.50. The summed E-state index contributed by atoms with van der Waals surface area (Å²) < 4.78 is 2.21. The highest BCUT2D eigenvalue weighted by molar-refractivity contribution is 5.79. The Hall–Kier alpha value is -2.91. The third-order valence-corrected chi connectivity index (χ3v) is 4.81. The number of pyridine rings is 1. The fraction of sp³-hybridized carbons (Fsp3) is 0.316. The maximum Gasteiger partial charge on any atom is 0.206 e. The molecule has 1 atom stereocenters. The van der Waals surface area contributed by atoms with Crippen LogP contribution in [0.15, 0.2) is 42.6 Å². The van der Waals surface area contributed by atoms with E-state index in [9.17, 15) is 0 Å². The van der Waals surface area contributed by atoms with Gasteiger partial charge in [0.2, 0.25) is 5.95 Å². The molecule has 0 amide bonds. The summed E-state index contributed by atoms with van der Waals surface area (Å²) in [6.07, 6.45) is 2.73. The summed E-state index contributed by atoms with van der Waals surface area (Å²) in [5.41, 5.74) is 9.42. The van der Waals surface area contributed by atoms with E-state index in [1.54, 1.807) is 12.3 Å². The second-order valence-electron chi connectivity index (χ2n) is 6.47. The van der Waals surface area contributed by atoms with Crippen molar-refractivity contribution in [3.8, 4) is 6.07 Å². The molecule has 2 aromatic heterocycles. The van der Waals surface area contributed by atoms with Gasteiger partial charge in [-0.1, -0.05) is 12.1 Å². The molecule has 0 bridgehead atoms. The Balaban J connectivity index is 1.72. The van der Waals surface area contributed by atoms with Crippen molar-refractivity contribution < 1.29 is 0 Å². The third kappa shape index (κ3) is 2.94. The van der Waals surface area contributed by atoms with Crippen LogP contribution in [0.1, 0.15) is 17.7 Å². The van der Waals surface area contributed by atoms with E-state index < -0.39 is 0 Å². The van der Waals surface area contributed by atoms with E-state index in [0.29, 0.717) is 24.6 Å². The third-order valence-electron chi connectivity index (χ3n) is 4.81. The van der Waals surface area contributed by atoms with Gasteiger partial charge in [0.05, 0.1) is 28.8 Å². The number of nitrogens with zero attached hydrogens (tertiary/aromatic N) is 5. The average Bonchev–Trinajstić information content (AvgIpc) is 3.27. The van der Waals surface area contributed by atoms with Gasteiger partial charge in [0.15, 0.2) is 0 Å². The number of nitrogens with two attached hydrogens (primary N) is 1. The number of aromatic nitrogens is 3. The molecule has 0 radical (unpaired) electrons. The van der Waals surface area contributed by atoms with E-state index in [1.807, 2.05) is 24.3 Å². The summed E-state index contributed by atoms with van der Waals surface area (Å²) in [6, 6.07) is 14.0. The second kappa shape index (κ2) is 6.54. The summed E-state index contributed by atoms with van der Waals surface area (Å²) in [5, 5.41) is 8.94. The molecule has 3 heterocycles. The number of imidazole rings is 1. The first-order valence-corrected chi connectivity index (χ1v) is 8.54. The van der Waals surface area contributed by atoms with E-state index in [0.717, 1.165) is 42.2 Å². The van der Waals surface area contributed by atoms with E-state index in [2.05, 4.69) is 26.6 Å². The molecule has 1 saturated heterocycles. The summed E-state index contributed by atoms with van der Waals surface area (Å²) in [4.78, 5) is 11.6. The molecule has 126 valence electrons. The fourth-order valence-electron chi connectivity index (χ4n) is 3.41. The monoisotopic (exact) mass is 332 g/mol. The fourth-order valence-corrected chi connectivity index (χ4v) is 3.41. The topological polar surface area (TPSA) is 83.8 Å². The van der Waals surface area contributed by atoms with Gasteiger partial charge < -0.3 is 15.2 Å². The first-order valence-electron chi connectivity index (χ1n) is 8.54. The molecule has 4 rings (SSSR count). The molecule has 25 heavy (non-hydrogen) atoms. The first-order chi connectivity index (χ1) is 12.3. The van der Waals surface area contributed by atoms with Crippen molar-refractivity contribution >= 4 is 17.0 Å². The van der Waals surface area contributed by atoms with Crippen LogP contribution < -0.4 is 10.6 Å². The van der Waals surface area contributed by atoms with Gasteiger partial charge in [-0.05, 0) is 43.1 Å². The van der Waals surface area contributed by atoms with Crippen molar-refractivity contribution in [3.63, 3.8) is 0 Å². The zero-order valence-corrected chi connectivity index (χ0v) is 14.0. The summed E-state index contributed by atoms with van der Waals surface area (Å²) >= 11 is 0. The highest BCUT2D eigenvalue weighted by atomic mass is 15.3. The van der Waals surface area contributed by atoms with Crippen LogP contribution in [-0.4, -0.2) is 34.2 Å². The zero-order chi connectivity index (χ0) is 17.2. The molecule has 6 nitrogen and oxygen atoms in total. The van der Waals surface area contributed by atoms with Gasteiger partial charge in [-0.15, -0.1) is 0 Å². The molecule has 1 aliphatic rings. The predicted molar refractivity (Wildman–Crippen MR) is 97.2 cm³/mol. The van der Waals surface area contributed by atoms with Gasteiger partial charge in [-0.2, -0.15) is 5.26 Å². The molecular weight excluding hydrogens is 312 g/mol. The highest BCUT2D eigenvalue weighted by Crippen LogP contribution is 2.27. The van der Waals surface area contributed by atoms with E-state index >= 15 is 0 Å². The largest absolute Gasteiger partial charge is 0.342 e. The number of fused-ring (bicyclic) bond motifs is 1. The lowest BCUT2D eigenvalue weighted by Crippen LogP contribution is -2.25. The van der Waals surface area contributed by atoms with Gasteiger partial charge in [0.25, 0.3) is 0 Å². The van der Waals surface area contributed by atoms with Gasteiger partial charge >= 0.3 is 0 Å². The molecule has 2 N–H and O–H groups in total. The standard InChI is InChI=1S/C19H20N6/c20-9-14-5-6-16(22-11-14)13-25-18-4-2-1-3-17(18)23-19(25)24-8-7-15(10-21)12-24/h1-6,11,15H,7-8,10,12-13,21H2/t15-/m0/s1. The molecule has 0 aliphatic carbocycles. The Morgan fingerprint density at radius 3 is 2.84 bits per heavy atom. The first kappa shape index (κ1) is 15.6. The number of nitriles is 1. The molecule has 1 fully saturated rings. The quantitative estimate of drug-likeness (QED) is 0.791. The Morgan fingerprint density at radius 2 is 2.12 bits per heavy atom. The van der Waals surface area contributed by atoms with Crippen molar-refractivity contribution in [2.75, 3.05) is 24.5 Å². The lowest BCUT2D eigenvalue weighted by molar-refractivity contribution is 0.600. The highest BCUT2D eigenvalue weighted by Gasteiger charge is 2.26. The minimum absolute atomic E-state index is 0.529. The molecule has 0 spiro atoms. The Labute approximate surface area is 146 Å². The number of para-hydroxylation sites is 2. The maximum atomic E-state index is 8.94. The van der Waals surface area contributed by atoms with Gasteiger partial charge in [0, 0.05) is 19.3 Å². The SMILES string of the molecule is N#Cc1ccc(Cn2c(N3CC[C@@H](CN)C3)nc3ccccc32)nc1. The van der Waals surface area contributed by atoms with Crippen LogP contribution in [0.25, 0.3) is 11.0 Å². The molecule has 3 aromatic rings. The van der Waals surface area contributed by atoms with Gasteiger partial charge in [0.1, 0.15) is 6.07 Å². The number of hydrogen-bond donors (Lipinski definition) is 1. The normalized spacial score (nSPS) is 17.1. The minimum atomic E-state index is 0.529. The van der Waals surface area contributed by atoms with Crippen LogP contribution in [0.3, 0.4) is 0 Å². The van der Waals surface area contributed by atoms with Crippen molar-refractivity contribution in [1.82, 2.24) is 14.5 Å². The number of rotatable bonds is 4. The molecule has 0 unspecified atom stereocenters. The number of anilines is 1. The average molecular weight is 332 g/mol. The lowest BCUT2D eigenvalue weighted by Gasteiger charge is -2.19.